The Morgan fingerprint density at radius 2 is 1.85 bits per heavy atom. The van der Waals surface area contributed by atoms with Crippen LogP contribution in [0.1, 0.15) is 50.5 Å². The number of carbonyl (C=O) groups excluding carboxylic acids is 1. The van der Waals surface area contributed by atoms with Crippen molar-refractivity contribution in [1.82, 2.24) is 5.32 Å². The molecule has 146 valence electrons. The Balaban J connectivity index is 1.85. The molecule has 1 aromatic carbocycles. The Morgan fingerprint density at radius 1 is 1.15 bits per heavy atom. The van der Waals surface area contributed by atoms with Gasteiger partial charge in [-0.3, -0.25) is 4.79 Å². The maximum absolute atomic E-state index is 12.3. The Bertz CT molecular complexity index is 582. The summed E-state index contributed by atoms with van der Waals surface area (Å²) in [5, 5.41) is 3.09. The standard InChI is InChI=1S/C19H26F3NO3/c1-25-17-12-14(8-10-16(17)26-13-19(20,21)22)9-11-18(24)23-15-6-4-2-3-5-7-15/h8,10,12,15H,2-7,9,11,13H2,1H3,(H,23,24). The lowest BCUT2D eigenvalue weighted by Crippen LogP contribution is -2.34. The van der Waals surface area contributed by atoms with Crippen molar-refractivity contribution in [2.45, 2.75) is 63.6 Å². The maximum atomic E-state index is 12.3. The van der Waals surface area contributed by atoms with E-state index in [9.17, 15) is 18.0 Å². The van der Waals surface area contributed by atoms with Crippen LogP contribution in [0.25, 0.3) is 0 Å². The molecule has 0 saturated heterocycles. The molecule has 7 heteroatoms. The van der Waals surface area contributed by atoms with E-state index in [4.69, 9.17) is 9.47 Å². The summed E-state index contributed by atoms with van der Waals surface area (Å²) in [6.45, 7) is -1.37. The highest BCUT2D eigenvalue weighted by molar-refractivity contribution is 5.76. The maximum Gasteiger partial charge on any atom is 0.422 e. The molecule has 1 aliphatic rings. The van der Waals surface area contributed by atoms with Crippen LogP contribution >= 0.6 is 0 Å². The molecule has 0 heterocycles. The molecule has 1 aromatic rings. The second-order valence-corrected chi connectivity index (χ2v) is 6.65. The molecule has 0 spiro atoms. The summed E-state index contributed by atoms with van der Waals surface area (Å²) in [5.41, 5.74) is 0.817. The largest absolute Gasteiger partial charge is 0.493 e. The van der Waals surface area contributed by atoms with E-state index in [2.05, 4.69) is 5.32 Å². The van der Waals surface area contributed by atoms with Gasteiger partial charge in [0.05, 0.1) is 7.11 Å². The van der Waals surface area contributed by atoms with E-state index in [-0.39, 0.29) is 23.4 Å². The van der Waals surface area contributed by atoms with E-state index in [0.717, 1.165) is 31.2 Å². The number of hydrogen-bond acceptors (Lipinski definition) is 3. The van der Waals surface area contributed by atoms with Gasteiger partial charge in [-0.25, -0.2) is 0 Å². The zero-order chi connectivity index (χ0) is 19.0. The first kappa shape index (κ1) is 20.4. The highest BCUT2D eigenvalue weighted by atomic mass is 19.4. The van der Waals surface area contributed by atoms with E-state index in [1.807, 2.05) is 0 Å². The number of methoxy groups -OCH3 is 1. The van der Waals surface area contributed by atoms with E-state index >= 15 is 0 Å². The third-order valence-electron chi connectivity index (χ3n) is 4.48. The normalized spacial score (nSPS) is 16.0. The monoisotopic (exact) mass is 373 g/mol. The van der Waals surface area contributed by atoms with Gasteiger partial charge in [0.15, 0.2) is 18.1 Å². The lowest BCUT2D eigenvalue weighted by molar-refractivity contribution is -0.153. The van der Waals surface area contributed by atoms with Gasteiger partial charge in [-0.05, 0) is 37.0 Å². The van der Waals surface area contributed by atoms with E-state index in [1.165, 1.54) is 26.0 Å². The Kier molecular flexibility index (Phi) is 7.60. The number of hydrogen-bond donors (Lipinski definition) is 1. The number of rotatable bonds is 7. The molecule has 0 unspecified atom stereocenters. The average Bonchev–Trinajstić information content (AvgIpc) is 2.86. The first-order chi connectivity index (χ1) is 12.4. The lowest BCUT2D eigenvalue weighted by atomic mass is 10.1. The summed E-state index contributed by atoms with van der Waals surface area (Å²) in [6.07, 6.45) is 3.26. The molecule has 1 N–H and O–H groups in total. The molecule has 2 rings (SSSR count). The zero-order valence-electron chi connectivity index (χ0n) is 15.0. The molecular formula is C19H26F3NO3. The number of aryl methyl sites for hydroxylation is 1. The van der Waals surface area contributed by atoms with Gasteiger partial charge in [-0.15, -0.1) is 0 Å². The lowest BCUT2D eigenvalue weighted by Gasteiger charge is -2.16. The molecule has 0 bridgehead atoms. The summed E-state index contributed by atoms with van der Waals surface area (Å²) in [4.78, 5) is 12.1. The van der Waals surface area contributed by atoms with Gasteiger partial charge in [0, 0.05) is 12.5 Å². The molecule has 0 atom stereocenters. The minimum Gasteiger partial charge on any atom is -0.493 e. The summed E-state index contributed by atoms with van der Waals surface area (Å²) in [6, 6.07) is 4.98. The van der Waals surface area contributed by atoms with Gasteiger partial charge in [0.1, 0.15) is 0 Å². The van der Waals surface area contributed by atoms with Crippen LogP contribution in [-0.4, -0.2) is 31.8 Å². The molecule has 1 amide bonds. The molecule has 1 aliphatic carbocycles. The van der Waals surface area contributed by atoms with Crippen molar-refractivity contribution in [1.29, 1.82) is 0 Å². The fourth-order valence-corrected chi connectivity index (χ4v) is 3.13. The van der Waals surface area contributed by atoms with Crippen LogP contribution in [0.4, 0.5) is 13.2 Å². The second-order valence-electron chi connectivity index (χ2n) is 6.65. The Hall–Kier alpha value is -1.92. The highest BCUT2D eigenvalue weighted by Gasteiger charge is 2.29. The van der Waals surface area contributed by atoms with Gasteiger partial charge >= 0.3 is 6.18 Å². The van der Waals surface area contributed by atoms with E-state index in [0.29, 0.717) is 12.8 Å². The van der Waals surface area contributed by atoms with E-state index in [1.54, 1.807) is 12.1 Å². The fraction of sp³-hybridized carbons (Fsp3) is 0.632. The molecule has 1 fully saturated rings. The number of benzene rings is 1. The number of ether oxygens (including phenoxy) is 2. The highest BCUT2D eigenvalue weighted by Crippen LogP contribution is 2.30. The average molecular weight is 373 g/mol. The topological polar surface area (TPSA) is 47.6 Å². The molecular weight excluding hydrogens is 347 g/mol. The van der Waals surface area contributed by atoms with Crippen molar-refractivity contribution >= 4 is 5.91 Å². The first-order valence-corrected chi connectivity index (χ1v) is 9.03. The second kappa shape index (κ2) is 9.69. The molecule has 0 aliphatic heterocycles. The first-order valence-electron chi connectivity index (χ1n) is 9.03. The van der Waals surface area contributed by atoms with Crippen LogP contribution in [-0.2, 0) is 11.2 Å². The minimum atomic E-state index is -4.40. The predicted octanol–water partition coefficient (Wildman–Crippen LogP) is 4.41. The minimum absolute atomic E-state index is 0.00765. The zero-order valence-corrected chi connectivity index (χ0v) is 15.0. The van der Waals surface area contributed by atoms with Gasteiger partial charge in [0.25, 0.3) is 0 Å². The molecule has 0 radical (unpaired) electrons. The summed E-state index contributed by atoms with van der Waals surface area (Å²) in [5.74, 6) is 0.278. The smallest absolute Gasteiger partial charge is 0.422 e. The summed E-state index contributed by atoms with van der Waals surface area (Å²) < 4.78 is 46.7. The Labute approximate surface area is 152 Å². The van der Waals surface area contributed by atoms with Crippen molar-refractivity contribution in [3.05, 3.63) is 23.8 Å². The van der Waals surface area contributed by atoms with Gasteiger partial charge in [-0.2, -0.15) is 13.2 Å². The molecule has 26 heavy (non-hydrogen) atoms. The third kappa shape index (κ3) is 7.14. The van der Waals surface area contributed by atoms with Crippen LogP contribution in [0.5, 0.6) is 11.5 Å². The number of alkyl halides is 3. The fourth-order valence-electron chi connectivity index (χ4n) is 3.13. The van der Waals surface area contributed by atoms with Gasteiger partial charge in [-0.1, -0.05) is 31.7 Å². The van der Waals surface area contributed by atoms with Crippen LogP contribution in [0, 0.1) is 0 Å². The molecule has 0 aromatic heterocycles. The predicted molar refractivity (Wildman–Crippen MR) is 92.5 cm³/mol. The molecule has 4 nitrogen and oxygen atoms in total. The third-order valence-corrected chi connectivity index (χ3v) is 4.48. The number of carbonyl (C=O) groups is 1. The van der Waals surface area contributed by atoms with Crippen molar-refractivity contribution in [2.75, 3.05) is 13.7 Å². The number of amides is 1. The van der Waals surface area contributed by atoms with Crippen molar-refractivity contribution in [2.24, 2.45) is 0 Å². The number of nitrogens with one attached hydrogen (secondary N) is 1. The van der Waals surface area contributed by atoms with E-state index < -0.39 is 12.8 Å². The van der Waals surface area contributed by atoms with Gasteiger partial charge in [0.2, 0.25) is 5.91 Å². The quantitative estimate of drug-likeness (QED) is 0.721. The molecule has 1 saturated carbocycles. The van der Waals surface area contributed by atoms with Crippen molar-refractivity contribution in [3.8, 4) is 11.5 Å². The van der Waals surface area contributed by atoms with Crippen molar-refractivity contribution < 1.29 is 27.4 Å². The van der Waals surface area contributed by atoms with Crippen molar-refractivity contribution in [3.63, 3.8) is 0 Å². The van der Waals surface area contributed by atoms with Crippen LogP contribution < -0.4 is 14.8 Å². The summed E-state index contributed by atoms with van der Waals surface area (Å²) >= 11 is 0. The number of halogens is 3. The van der Waals surface area contributed by atoms with Gasteiger partial charge < -0.3 is 14.8 Å². The van der Waals surface area contributed by atoms with Crippen LogP contribution in [0.3, 0.4) is 0 Å². The SMILES string of the molecule is COc1cc(CCC(=O)NC2CCCCCC2)ccc1OCC(F)(F)F. The summed E-state index contributed by atoms with van der Waals surface area (Å²) in [7, 11) is 1.37. The Morgan fingerprint density at radius 3 is 2.46 bits per heavy atom. The van der Waals surface area contributed by atoms with Crippen LogP contribution in [0.15, 0.2) is 18.2 Å². The van der Waals surface area contributed by atoms with Crippen LogP contribution in [0.2, 0.25) is 0 Å².